The Morgan fingerprint density at radius 1 is 1.50 bits per heavy atom. The molecule has 3 nitrogen and oxygen atoms in total. The molecule has 0 aromatic heterocycles. The van der Waals surface area contributed by atoms with Crippen molar-refractivity contribution < 1.29 is 18.7 Å². The summed E-state index contributed by atoms with van der Waals surface area (Å²) >= 11 is 0. The van der Waals surface area contributed by atoms with Gasteiger partial charge >= 0.3 is 5.97 Å². The van der Waals surface area contributed by atoms with E-state index in [1.165, 1.54) is 0 Å². The normalized spacial score (nSPS) is 35.7. The third-order valence-corrected chi connectivity index (χ3v) is 4.00. The van der Waals surface area contributed by atoms with Gasteiger partial charge in [0, 0.05) is 25.4 Å². The van der Waals surface area contributed by atoms with Crippen LogP contribution >= 0.6 is 0 Å². The summed E-state index contributed by atoms with van der Waals surface area (Å²) in [6.07, 6.45) is 1.33. The second kappa shape index (κ2) is 3.95. The van der Waals surface area contributed by atoms with Gasteiger partial charge in [0.2, 0.25) is 0 Å². The van der Waals surface area contributed by atoms with Crippen LogP contribution in [-0.2, 0) is 4.79 Å². The van der Waals surface area contributed by atoms with Gasteiger partial charge in [0.1, 0.15) is 6.04 Å². The molecule has 2 rings (SSSR count). The van der Waals surface area contributed by atoms with Gasteiger partial charge in [-0.25, -0.2) is 8.78 Å². The molecule has 1 heterocycles. The molecule has 1 aliphatic carbocycles. The van der Waals surface area contributed by atoms with Gasteiger partial charge in [-0.05, 0) is 25.7 Å². The zero-order valence-electron chi connectivity index (χ0n) is 9.33. The summed E-state index contributed by atoms with van der Waals surface area (Å²) in [5, 5.41) is 8.88. The van der Waals surface area contributed by atoms with Crippen LogP contribution in [0, 0.1) is 11.8 Å². The minimum Gasteiger partial charge on any atom is -0.480 e. The SMILES string of the molecule is CC(C(=O)O)N1CC2CCCC(F)(F)C2C1. The van der Waals surface area contributed by atoms with Crippen LogP contribution in [-0.4, -0.2) is 41.0 Å². The minimum absolute atomic E-state index is 0.0226. The Kier molecular flexibility index (Phi) is 2.90. The first-order valence-corrected chi connectivity index (χ1v) is 5.76. The Morgan fingerprint density at radius 3 is 2.75 bits per heavy atom. The lowest BCUT2D eigenvalue weighted by Crippen LogP contribution is -2.39. The van der Waals surface area contributed by atoms with Crippen molar-refractivity contribution in [3.63, 3.8) is 0 Å². The van der Waals surface area contributed by atoms with E-state index >= 15 is 0 Å². The fraction of sp³-hybridized carbons (Fsp3) is 0.909. The summed E-state index contributed by atoms with van der Waals surface area (Å²) in [7, 11) is 0. The topological polar surface area (TPSA) is 40.5 Å². The first-order chi connectivity index (χ1) is 7.42. The van der Waals surface area contributed by atoms with Crippen molar-refractivity contribution in [2.24, 2.45) is 11.8 Å². The number of rotatable bonds is 2. The molecular weight excluding hydrogens is 216 g/mol. The highest BCUT2D eigenvalue weighted by molar-refractivity contribution is 5.72. The van der Waals surface area contributed by atoms with E-state index in [1.807, 2.05) is 0 Å². The lowest BCUT2D eigenvalue weighted by molar-refractivity contribution is -0.142. The molecule has 2 fully saturated rings. The monoisotopic (exact) mass is 233 g/mol. The lowest BCUT2D eigenvalue weighted by atomic mass is 9.79. The van der Waals surface area contributed by atoms with Gasteiger partial charge in [-0.1, -0.05) is 0 Å². The smallest absolute Gasteiger partial charge is 0.320 e. The van der Waals surface area contributed by atoms with Gasteiger partial charge in [-0.15, -0.1) is 0 Å². The minimum atomic E-state index is -2.60. The molecule has 0 spiro atoms. The highest BCUT2D eigenvalue weighted by atomic mass is 19.3. The largest absolute Gasteiger partial charge is 0.480 e. The number of halogens is 2. The summed E-state index contributed by atoms with van der Waals surface area (Å²) in [6, 6.07) is -0.651. The number of fused-ring (bicyclic) bond motifs is 1. The quantitative estimate of drug-likeness (QED) is 0.791. The molecule has 0 radical (unpaired) electrons. The van der Waals surface area contributed by atoms with E-state index in [4.69, 9.17) is 5.11 Å². The first kappa shape index (κ1) is 11.8. The molecule has 0 aromatic rings. The van der Waals surface area contributed by atoms with Gasteiger partial charge in [0.25, 0.3) is 5.92 Å². The molecule has 3 unspecified atom stereocenters. The van der Waals surface area contributed by atoms with Crippen LogP contribution in [0.15, 0.2) is 0 Å². The molecular formula is C11H17F2NO2. The number of carbonyl (C=O) groups is 1. The molecule has 0 amide bonds. The van der Waals surface area contributed by atoms with Crippen molar-refractivity contribution in [2.45, 2.75) is 38.2 Å². The molecule has 1 aliphatic heterocycles. The van der Waals surface area contributed by atoms with E-state index in [9.17, 15) is 13.6 Å². The summed E-state index contributed by atoms with van der Waals surface area (Å²) in [5.74, 6) is -4.19. The zero-order chi connectivity index (χ0) is 11.9. The molecule has 1 saturated carbocycles. The fourth-order valence-corrected chi connectivity index (χ4v) is 2.93. The molecule has 16 heavy (non-hydrogen) atoms. The highest BCUT2D eigenvalue weighted by Gasteiger charge is 2.52. The number of carboxylic acids is 1. The van der Waals surface area contributed by atoms with E-state index < -0.39 is 23.9 Å². The Labute approximate surface area is 93.4 Å². The summed E-state index contributed by atoms with van der Waals surface area (Å²) in [6.45, 7) is 2.30. The van der Waals surface area contributed by atoms with Crippen molar-refractivity contribution in [2.75, 3.05) is 13.1 Å². The molecule has 2 aliphatic rings. The number of likely N-dealkylation sites (tertiary alicyclic amines) is 1. The predicted octanol–water partition coefficient (Wildman–Crippen LogP) is 1.83. The summed E-state index contributed by atoms with van der Waals surface area (Å²) in [4.78, 5) is 12.5. The van der Waals surface area contributed by atoms with E-state index in [2.05, 4.69) is 0 Å². The van der Waals surface area contributed by atoms with Crippen LogP contribution in [0.25, 0.3) is 0 Å². The van der Waals surface area contributed by atoms with Crippen molar-refractivity contribution in [3.05, 3.63) is 0 Å². The van der Waals surface area contributed by atoms with E-state index in [1.54, 1.807) is 11.8 Å². The number of aliphatic carboxylic acids is 1. The molecule has 0 aromatic carbocycles. The van der Waals surface area contributed by atoms with Crippen molar-refractivity contribution in [1.29, 1.82) is 0 Å². The van der Waals surface area contributed by atoms with E-state index in [-0.39, 0.29) is 18.9 Å². The Hall–Kier alpha value is -0.710. The zero-order valence-corrected chi connectivity index (χ0v) is 9.33. The van der Waals surface area contributed by atoms with Gasteiger partial charge in [-0.3, -0.25) is 9.69 Å². The van der Waals surface area contributed by atoms with Crippen LogP contribution in [0.3, 0.4) is 0 Å². The first-order valence-electron chi connectivity index (χ1n) is 5.76. The van der Waals surface area contributed by atoms with Gasteiger partial charge in [0.05, 0.1) is 0 Å². The van der Waals surface area contributed by atoms with E-state index in [0.717, 1.165) is 6.42 Å². The fourth-order valence-electron chi connectivity index (χ4n) is 2.93. The number of hydrogen-bond donors (Lipinski definition) is 1. The van der Waals surface area contributed by atoms with Crippen LogP contribution in [0.1, 0.15) is 26.2 Å². The molecule has 5 heteroatoms. The molecule has 1 saturated heterocycles. The maximum absolute atomic E-state index is 13.6. The maximum Gasteiger partial charge on any atom is 0.320 e. The average molecular weight is 233 g/mol. The predicted molar refractivity (Wildman–Crippen MR) is 54.4 cm³/mol. The lowest BCUT2D eigenvalue weighted by Gasteiger charge is -2.32. The number of carboxylic acid groups (broad SMARTS) is 1. The van der Waals surface area contributed by atoms with Crippen molar-refractivity contribution in [3.8, 4) is 0 Å². The maximum atomic E-state index is 13.6. The Balaban J connectivity index is 2.08. The number of alkyl halides is 2. The van der Waals surface area contributed by atoms with E-state index in [0.29, 0.717) is 13.0 Å². The van der Waals surface area contributed by atoms with Crippen LogP contribution in [0.4, 0.5) is 8.78 Å². The molecule has 92 valence electrons. The standard InChI is InChI=1S/C11H17F2NO2/c1-7(10(15)16)14-5-8-3-2-4-11(12,13)9(8)6-14/h7-9H,2-6H2,1H3,(H,15,16). The number of nitrogens with zero attached hydrogens (tertiary/aromatic N) is 1. The van der Waals surface area contributed by atoms with Crippen molar-refractivity contribution >= 4 is 5.97 Å². The molecule has 1 N–H and O–H groups in total. The highest BCUT2D eigenvalue weighted by Crippen LogP contribution is 2.46. The van der Waals surface area contributed by atoms with Crippen LogP contribution in [0.2, 0.25) is 0 Å². The van der Waals surface area contributed by atoms with Gasteiger partial charge < -0.3 is 5.11 Å². The third kappa shape index (κ3) is 1.93. The average Bonchev–Trinajstić information content (AvgIpc) is 2.61. The second-order valence-electron chi connectivity index (χ2n) is 4.99. The van der Waals surface area contributed by atoms with Crippen LogP contribution in [0.5, 0.6) is 0 Å². The second-order valence-corrected chi connectivity index (χ2v) is 4.99. The van der Waals surface area contributed by atoms with Crippen molar-refractivity contribution in [1.82, 2.24) is 4.90 Å². The molecule has 3 atom stereocenters. The molecule has 0 bridgehead atoms. The summed E-state index contributed by atoms with van der Waals surface area (Å²) < 4.78 is 27.2. The Bertz CT molecular complexity index is 296. The summed E-state index contributed by atoms with van der Waals surface area (Å²) in [5.41, 5.74) is 0. The Morgan fingerprint density at radius 2 is 2.19 bits per heavy atom. The number of hydrogen-bond acceptors (Lipinski definition) is 2. The van der Waals surface area contributed by atoms with Crippen LogP contribution < -0.4 is 0 Å². The van der Waals surface area contributed by atoms with Gasteiger partial charge in [-0.2, -0.15) is 0 Å². The van der Waals surface area contributed by atoms with Gasteiger partial charge in [0.15, 0.2) is 0 Å². The third-order valence-electron chi connectivity index (χ3n) is 4.00.